The average Bonchev–Trinajstić information content (AvgIpc) is 2.88. The Bertz CT molecular complexity index is 1360. The molecule has 4 aromatic rings. The molecule has 0 bridgehead atoms. The number of benzene rings is 3. The summed E-state index contributed by atoms with van der Waals surface area (Å²) >= 11 is 5.79. The molecule has 0 atom stereocenters. The van der Waals surface area contributed by atoms with E-state index in [1.165, 1.54) is 5.56 Å². The van der Waals surface area contributed by atoms with Crippen molar-refractivity contribution < 1.29 is 4.74 Å². The number of H-pyrrole nitrogens is 1. The lowest BCUT2D eigenvalue weighted by atomic mass is 10.0. The van der Waals surface area contributed by atoms with Crippen molar-refractivity contribution in [2.24, 2.45) is 0 Å². The highest BCUT2D eigenvalue weighted by molar-refractivity contribution is 7.80. The van der Waals surface area contributed by atoms with Gasteiger partial charge in [0.25, 0.3) is 5.56 Å². The van der Waals surface area contributed by atoms with Crippen LogP contribution in [0.2, 0.25) is 0 Å². The van der Waals surface area contributed by atoms with Gasteiger partial charge in [0.1, 0.15) is 5.75 Å². The monoisotopic (exact) mass is 485 g/mol. The Morgan fingerprint density at radius 2 is 1.71 bits per heavy atom. The number of ether oxygens (including phenoxy) is 1. The molecule has 0 fully saturated rings. The number of aryl methyl sites for hydroxylation is 2. The number of fused-ring (bicyclic) bond motifs is 1. The molecule has 0 spiro atoms. The number of aromatic amines is 1. The van der Waals surface area contributed by atoms with Crippen LogP contribution in [0.4, 0.5) is 0 Å². The van der Waals surface area contributed by atoms with Crippen molar-refractivity contribution in [2.75, 3.05) is 13.7 Å². The Balaban J connectivity index is 1.56. The summed E-state index contributed by atoms with van der Waals surface area (Å²) in [6.45, 7) is 5.79. The van der Waals surface area contributed by atoms with E-state index in [1.807, 2.05) is 60.4 Å². The van der Waals surface area contributed by atoms with E-state index in [2.05, 4.69) is 41.5 Å². The summed E-state index contributed by atoms with van der Waals surface area (Å²) in [6.07, 6.45) is 0.868. The van der Waals surface area contributed by atoms with Crippen LogP contribution in [0.15, 0.2) is 77.6 Å². The fourth-order valence-electron chi connectivity index (χ4n) is 4.11. The molecule has 0 radical (unpaired) electrons. The molecule has 4 rings (SSSR count). The van der Waals surface area contributed by atoms with Crippen LogP contribution in [-0.4, -0.2) is 28.7 Å². The van der Waals surface area contributed by atoms with Gasteiger partial charge in [0.2, 0.25) is 0 Å². The topological polar surface area (TPSA) is 57.4 Å². The molecule has 180 valence electrons. The largest absolute Gasteiger partial charge is 0.497 e. The number of hydrogen-bond donors (Lipinski definition) is 2. The second-order valence-corrected chi connectivity index (χ2v) is 9.15. The van der Waals surface area contributed by atoms with Crippen molar-refractivity contribution in [1.82, 2.24) is 15.2 Å². The maximum absolute atomic E-state index is 13.0. The maximum Gasteiger partial charge on any atom is 0.253 e. The number of nitrogens with zero attached hydrogens (tertiary/aromatic N) is 1. The molecule has 0 saturated heterocycles. The van der Waals surface area contributed by atoms with E-state index in [-0.39, 0.29) is 5.56 Å². The van der Waals surface area contributed by atoms with E-state index in [4.69, 9.17) is 17.0 Å². The molecule has 1 aromatic heterocycles. The molecule has 0 aliphatic rings. The second-order valence-electron chi connectivity index (χ2n) is 8.77. The Morgan fingerprint density at radius 3 is 2.43 bits per heavy atom. The van der Waals surface area contributed by atoms with Crippen LogP contribution < -0.4 is 15.6 Å². The van der Waals surface area contributed by atoms with E-state index in [9.17, 15) is 4.79 Å². The zero-order valence-electron chi connectivity index (χ0n) is 20.4. The molecule has 0 aliphatic carbocycles. The first kappa shape index (κ1) is 24.5. The Labute approximate surface area is 211 Å². The van der Waals surface area contributed by atoms with Gasteiger partial charge in [-0.15, -0.1) is 0 Å². The number of hydrogen-bond acceptors (Lipinski definition) is 3. The van der Waals surface area contributed by atoms with E-state index in [0.717, 1.165) is 39.8 Å². The molecular formula is C29H31N3O2S. The molecular weight excluding hydrogens is 454 g/mol. The molecule has 5 nitrogen and oxygen atoms in total. The zero-order chi connectivity index (χ0) is 24.8. The number of rotatable bonds is 8. The SMILES string of the molecule is COc1ccc(CN(Cc2cc3ccc(C)c(C)c3[nH]c2=O)C(=S)NCCc2ccccc2)cc1. The van der Waals surface area contributed by atoms with Gasteiger partial charge in [0, 0.05) is 18.7 Å². The van der Waals surface area contributed by atoms with E-state index in [0.29, 0.717) is 30.3 Å². The van der Waals surface area contributed by atoms with Gasteiger partial charge < -0.3 is 19.9 Å². The van der Waals surface area contributed by atoms with Crippen molar-refractivity contribution in [1.29, 1.82) is 0 Å². The number of aromatic nitrogens is 1. The van der Waals surface area contributed by atoms with Crippen LogP contribution in [0, 0.1) is 13.8 Å². The van der Waals surface area contributed by atoms with Crippen LogP contribution in [0.3, 0.4) is 0 Å². The minimum atomic E-state index is -0.0852. The predicted molar refractivity (Wildman–Crippen MR) is 147 cm³/mol. The zero-order valence-corrected chi connectivity index (χ0v) is 21.2. The van der Waals surface area contributed by atoms with Crippen molar-refractivity contribution in [3.63, 3.8) is 0 Å². The third-order valence-corrected chi connectivity index (χ3v) is 6.74. The number of methoxy groups -OCH3 is 1. The molecule has 1 heterocycles. The fourth-order valence-corrected chi connectivity index (χ4v) is 4.35. The van der Waals surface area contributed by atoms with E-state index < -0.39 is 0 Å². The first-order chi connectivity index (χ1) is 16.9. The van der Waals surface area contributed by atoms with Crippen LogP contribution in [0.5, 0.6) is 5.75 Å². The summed E-state index contributed by atoms with van der Waals surface area (Å²) in [5.74, 6) is 0.806. The normalized spacial score (nSPS) is 10.8. The summed E-state index contributed by atoms with van der Waals surface area (Å²) in [5.41, 5.74) is 6.08. The Morgan fingerprint density at radius 1 is 0.971 bits per heavy atom. The lowest BCUT2D eigenvalue weighted by Crippen LogP contribution is -2.40. The van der Waals surface area contributed by atoms with Gasteiger partial charge in [-0.3, -0.25) is 4.79 Å². The Kier molecular flexibility index (Phi) is 7.83. The minimum absolute atomic E-state index is 0.0852. The molecule has 2 N–H and O–H groups in total. The van der Waals surface area contributed by atoms with Crippen molar-refractivity contribution in [3.05, 3.63) is 111 Å². The summed E-state index contributed by atoms with van der Waals surface area (Å²) in [6, 6.07) is 24.4. The van der Waals surface area contributed by atoms with Gasteiger partial charge in [0.15, 0.2) is 5.11 Å². The quantitative estimate of drug-likeness (QED) is 0.333. The highest BCUT2D eigenvalue weighted by Gasteiger charge is 2.15. The molecule has 0 aliphatic heterocycles. The summed E-state index contributed by atoms with van der Waals surface area (Å²) in [5, 5.41) is 5.03. The van der Waals surface area contributed by atoms with Crippen molar-refractivity contribution in [2.45, 2.75) is 33.4 Å². The first-order valence-electron chi connectivity index (χ1n) is 11.8. The highest BCUT2D eigenvalue weighted by atomic mass is 32.1. The van der Waals surface area contributed by atoms with Gasteiger partial charge >= 0.3 is 0 Å². The molecule has 0 unspecified atom stereocenters. The lowest BCUT2D eigenvalue weighted by molar-refractivity contribution is 0.395. The van der Waals surface area contributed by atoms with Crippen molar-refractivity contribution in [3.8, 4) is 5.75 Å². The van der Waals surface area contributed by atoms with Gasteiger partial charge in [-0.2, -0.15) is 0 Å². The molecule has 0 saturated carbocycles. The molecule has 6 heteroatoms. The van der Waals surface area contributed by atoms with Gasteiger partial charge in [-0.1, -0.05) is 54.6 Å². The summed E-state index contributed by atoms with van der Waals surface area (Å²) < 4.78 is 5.29. The summed E-state index contributed by atoms with van der Waals surface area (Å²) in [4.78, 5) is 18.2. The number of pyridine rings is 1. The average molecular weight is 486 g/mol. The van der Waals surface area contributed by atoms with Gasteiger partial charge in [0.05, 0.1) is 19.2 Å². The lowest BCUT2D eigenvalue weighted by Gasteiger charge is -2.26. The Hall–Kier alpha value is -3.64. The highest BCUT2D eigenvalue weighted by Crippen LogP contribution is 2.20. The number of thiocarbonyl (C=S) groups is 1. The molecule has 35 heavy (non-hydrogen) atoms. The number of nitrogens with one attached hydrogen (secondary N) is 2. The fraction of sp³-hybridized carbons (Fsp3) is 0.241. The van der Waals surface area contributed by atoms with E-state index >= 15 is 0 Å². The predicted octanol–water partition coefficient (Wildman–Crippen LogP) is 5.27. The standard InChI is InChI=1S/C29H31N3O2S/c1-20-9-12-24-17-25(28(33)31-27(24)21(20)2)19-32(18-23-10-13-26(34-3)14-11-23)29(35)30-16-15-22-7-5-4-6-8-22/h4-14,17H,15-16,18-19H2,1-3H3,(H,30,35)(H,31,33). The molecule has 3 aromatic carbocycles. The first-order valence-corrected chi connectivity index (χ1v) is 12.2. The smallest absolute Gasteiger partial charge is 0.253 e. The minimum Gasteiger partial charge on any atom is -0.497 e. The van der Waals surface area contributed by atoms with E-state index in [1.54, 1.807) is 7.11 Å². The van der Waals surface area contributed by atoms with Crippen LogP contribution in [-0.2, 0) is 19.5 Å². The third kappa shape index (κ3) is 6.08. The summed E-state index contributed by atoms with van der Waals surface area (Å²) in [7, 11) is 1.66. The van der Waals surface area contributed by atoms with Crippen LogP contribution >= 0.6 is 12.2 Å². The third-order valence-electron chi connectivity index (χ3n) is 6.34. The molecule has 0 amide bonds. The van der Waals surface area contributed by atoms with Crippen LogP contribution in [0.25, 0.3) is 10.9 Å². The second kappa shape index (κ2) is 11.2. The van der Waals surface area contributed by atoms with Gasteiger partial charge in [-0.25, -0.2) is 0 Å². The van der Waals surface area contributed by atoms with Crippen LogP contribution in [0.1, 0.15) is 27.8 Å². The van der Waals surface area contributed by atoms with Crippen molar-refractivity contribution >= 4 is 28.2 Å². The van der Waals surface area contributed by atoms with Gasteiger partial charge in [-0.05, 0) is 78.3 Å². The maximum atomic E-state index is 13.0.